The molecule has 0 spiro atoms. The van der Waals surface area contributed by atoms with Crippen LogP contribution in [0, 0.1) is 13.8 Å². The molecule has 0 aliphatic rings. The van der Waals surface area contributed by atoms with E-state index in [0.717, 1.165) is 37.2 Å². The topological polar surface area (TPSA) is 16.4 Å². The van der Waals surface area contributed by atoms with Crippen molar-refractivity contribution in [2.75, 3.05) is 4.90 Å². The first-order valence-electron chi connectivity index (χ1n) is 11.2. The number of anilines is 3. The number of rotatable bonds is 4. The van der Waals surface area contributed by atoms with Gasteiger partial charge in [0.05, 0.1) is 0 Å². The lowest BCUT2D eigenvalue weighted by molar-refractivity contribution is 0.679. The van der Waals surface area contributed by atoms with Gasteiger partial charge in [-0.15, -0.1) is 0 Å². The second-order valence-electron chi connectivity index (χ2n) is 8.67. The van der Waals surface area contributed by atoms with Crippen molar-refractivity contribution in [3.63, 3.8) is 0 Å². The molecule has 0 amide bonds. The van der Waals surface area contributed by atoms with Gasteiger partial charge in [-0.1, -0.05) is 37.9 Å². The molecule has 0 radical (unpaired) electrons. The summed E-state index contributed by atoms with van der Waals surface area (Å²) >= 11 is 7.13. The number of aryl methyl sites for hydroxylation is 2. The minimum absolute atomic E-state index is 0.954. The molecule has 2 nitrogen and oxygen atoms in total. The maximum Gasteiger partial charge on any atom is 0.135 e. The summed E-state index contributed by atoms with van der Waals surface area (Å²) in [6, 6.07) is 32.2. The Bertz CT molecular complexity index is 1560. The summed E-state index contributed by atoms with van der Waals surface area (Å²) < 4.78 is 8.00. The third-order valence-electron chi connectivity index (χ3n) is 6.39. The van der Waals surface area contributed by atoms with Gasteiger partial charge in [0.1, 0.15) is 11.2 Å². The Hall–Kier alpha value is -3.08. The summed E-state index contributed by atoms with van der Waals surface area (Å²) in [5.41, 5.74) is 10.3. The monoisotopic (exact) mass is 569 g/mol. The normalized spacial score (nSPS) is 11.5. The number of hydrogen-bond donors (Lipinski definition) is 0. The molecule has 2 heterocycles. The van der Waals surface area contributed by atoms with E-state index in [1.807, 2.05) is 6.07 Å². The summed E-state index contributed by atoms with van der Waals surface area (Å²) in [6.45, 7) is 4.40. The standard InChI is InChI=1S/C30H21Br2NO/c1-18-15-25(33(23-8-4-21(31)5-9-23)24-10-6-22(32)7-11-24)16-19(2)30(18)20-3-12-26-27(17-20)29-14-13-28(26)34-29/h3-17H,1-2H3. The number of fused-ring (bicyclic) bond motifs is 5. The maximum atomic E-state index is 5.87. The van der Waals surface area contributed by atoms with Crippen LogP contribution in [0.4, 0.5) is 17.1 Å². The van der Waals surface area contributed by atoms with E-state index in [0.29, 0.717) is 0 Å². The van der Waals surface area contributed by atoms with E-state index in [1.54, 1.807) is 0 Å². The van der Waals surface area contributed by atoms with Gasteiger partial charge < -0.3 is 9.32 Å². The first kappa shape index (κ1) is 21.5. The van der Waals surface area contributed by atoms with E-state index >= 15 is 0 Å². The highest BCUT2D eigenvalue weighted by Crippen LogP contribution is 2.41. The molecule has 2 aromatic heterocycles. The van der Waals surface area contributed by atoms with Crippen molar-refractivity contribution in [1.82, 2.24) is 0 Å². The van der Waals surface area contributed by atoms with Gasteiger partial charge in [-0.2, -0.15) is 0 Å². The van der Waals surface area contributed by atoms with Crippen LogP contribution >= 0.6 is 31.9 Å². The van der Waals surface area contributed by atoms with Crippen LogP contribution in [0.1, 0.15) is 11.1 Å². The van der Waals surface area contributed by atoms with Crippen molar-refractivity contribution in [1.29, 1.82) is 0 Å². The van der Waals surface area contributed by atoms with Crippen LogP contribution in [-0.2, 0) is 0 Å². The van der Waals surface area contributed by atoms with Crippen LogP contribution in [0.5, 0.6) is 0 Å². The molecule has 2 bridgehead atoms. The average molecular weight is 571 g/mol. The first-order valence-corrected chi connectivity index (χ1v) is 12.7. The number of benzene rings is 5. The van der Waals surface area contributed by atoms with Gasteiger partial charge in [0.15, 0.2) is 0 Å². The molecule has 166 valence electrons. The fourth-order valence-electron chi connectivity index (χ4n) is 4.90. The molecule has 0 unspecified atom stereocenters. The molecule has 34 heavy (non-hydrogen) atoms. The zero-order valence-corrected chi connectivity index (χ0v) is 21.9. The lowest BCUT2D eigenvalue weighted by atomic mass is 9.93. The molecule has 0 saturated carbocycles. The van der Waals surface area contributed by atoms with Crippen LogP contribution in [0.25, 0.3) is 33.1 Å². The van der Waals surface area contributed by atoms with Crippen LogP contribution < -0.4 is 4.90 Å². The highest BCUT2D eigenvalue weighted by Gasteiger charge is 2.17. The molecule has 0 atom stereocenters. The fraction of sp³-hybridized carbons (Fsp3) is 0.0667. The van der Waals surface area contributed by atoms with Crippen molar-refractivity contribution in [2.45, 2.75) is 13.8 Å². The van der Waals surface area contributed by atoms with E-state index in [-0.39, 0.29) is 0 Å². The van der Waals surface area contributed by atoms with E-state index in [9.17, 15) is 0 Å². The molecule has 0 aliphatic heterocycles. The van der Waals surface area contributed by atoms with Gasteiger partial charge in [0.2, 0.25) is 0 Å². The third-order valence-corrected chi connectivity index (χ3v) is 7.45. The summed E-state index contributed by atoms with van der Waals surface area (Å²) in [5.74, 6) is 0. The van der Waals surface area contributed by atoms with E-state index in [4.69, 9.17) is 4.42 Å². The van der Waals surface area contributed by atoms with Crippen LogP contribution in [0.2, 0.25) is 0 Å². The average Bonchev–Trinajstić information content (AvgIpc) is 3.44. The van der Waals surface area contributed by atoms with Gasteiger partial charge in [0, 0.05) is 36.8 Å². The molecule has 0 saturated heterocycles. The van der Waals surface area contributed by atoms with Crippen molar-refractivity contribution in [2.24, 2.45) is 0 Å². The van der Waals surface area contributed by atoms with Crippen molar-refractivity contribution in [3.8, 4) is 11.1 Å². The highest BCUT2D eigenvalue weighted by molar-refractivity contribution is 9.10. The lowest BCUT2D eigenvalue weighted by Crippen LogP contribution is -2.10. The fourth-order valence-corrected chi connectivity index (χ4v) is 5.43. The van der Waals surface area contributed by atoms with Crippen molar-refractivity contribution in [3.05, 3.63) is 111 Å². The Morgan fingerprint density at radius 1 is 0.559 bits per heavy atom. The van der Waals surface area contributed by atoms with Crippen LogP contribution in [0.3, 0.4) is 0 Å². The number of nitrogens with zero attached hydrogens (tertiary/aromatic N) is 1. The van der Waals surface area contributed by atoms with E-state index in [2.05, 4.69) is 136 Å². The van der Waals surface area contributed by atoms with Crippen molar-refractivity contribution >= 4 is 70.9 Å². The molecule has 0 aliphatic carbocycles. The molecule has 4 heteroatoms. The predicted molar refractivity (Wildman–Crippen MR) is 150 cm³/mol. The SMILES string of the molecule is Cc1cc(N(c2ccc(Br)cc2)c2ccc(Br)cc2)cc(C)c1-c1ccc2c3ccc(o3)c2c1. The second-order valence-corrected chi connectivity index (χ2v) is 10.5. The van der Waals surface area contributed by atoms with Gasteiger partial charge in [-0.25, -0.2) is 0 Å². The van der Waals surface area contributed by atoms with Crippen molar-refractivity contribution < 1.29 is 4.42 Å². The van der Waals surface area contributed by atoms with Gasteiger partial charge >= 0.3 is 0 Å². The smallest absolute Gasteiger partial charge is 0.135 e. The van der Waals surface area contributed by atoms with Gasteiger partial charge in [-0.3, -0.25) is 0 Å². The molecular formula is C30H21Br2NO. The predicted octanol–water partition coefficient (Wildman–Crippen LogP) is 10.3. The number of furan rings is 2. The Balaban J connectivity index is 1.49. The number of hydrogen-bond acceptors (Lipinski definition) is 2. The molecule has 6 aromatic rings. The van der Waals surface area contributed by atoms with Gasteiger partial charge in [0.25, 0.3) is 0 Å². The maximum absolute atomic E-state index is 5.87. The second kappa shape index (κ2) is 8.30. The first-order chi connectivity index (χ1) is 16.5. The Morgan fingerprint density at radius 2 is 1.09 bits per heavy atom. The lowest BCUT2D eigenvalue weighted by Gasteiger charge is -2.27. The Labute approximate surface area is 215 Å². The third kappa shape index (κ3) is 3.62. The molecular weight excluding hydrogens is 550 g/mol. The highest BCUT2D eigenvalue weighted by atomic mass is 79.9. The Kier molecular flexibility index (Phi) is 5.23. The molecule has 0 fully saturated rings. The van der Waals surface area contributed by atoms with Crippen LogP contribution in [0.15, 0.2) is 104 Å². The zero-order chi connectivity index (χ0) is 23.4. The summed E-state index contributed by atoms with van der Waals surface area (Å²) in [7, 11) is 0. The summed E-state index contributed by atoms with van der Waals surface area (Å²) in [5, 5.41) is 2.37. The Morgan fingerprint density at radius 3 is 1.65 bits per heavy atom. The van der Waals surface area contributed by atoms with Gasteiger partial charge in [-0.05, 0) is 121 Å². The molecule has 0 N–H and O–H groups in total. The quantitative estimate of drug-likeness (QED) is 0.209. The largest absolute Gasteiger partial charge is 0.456 e. The van der Waals surface area contributed by atoms with E-state index < -0.39 is 0 Å². The van der Waals surface area contributed by atoms with E-state index in [1.165, 1.54) is 33.0 Å². The minimum Gasteiger partial charge on any atom is -0.456 e. The molecule has 4 aromatic carbocycles. The zero-order valence-electron chi connectivity index (χ0n) is 18.8. The van der Waals surface area contributed by atoms with Crippen LogP contribution in [-0.4, -0.2) is 0 Å². The summed E-state index contributed by atoms with van der Waals surface area (Å²) in [4.78, 5) is 2.30. The summed E-state index contributed by atoms with van der Waals surface area (Å²) in [6.07, 6.45) is 0. The minimum atomic E-state index is 0.954. The molecule has 6 rings (SSSR count). The number of halogens is 2.